The number of benzene rings is 1. The Bertz CT molecular complexity index is 1220. The highest BCUT2D eigenvalue weighted by atomic mass is 79.9. The summed E-state index contributed by atoms with van der Waals surface area (Å²) in [4.78, 5) is 30.8. The Kier molecular flexibility index (Phi) is 6.65. The molecule has 1 aromatic carbocycles. The Morgan fingerprint density at radius 2 is 1.94 bits per heavy atom. The van der Waals surface area contributed by atoms with Gasteiger partial charge in [0.2, 0.25) is 0 Å². The Balaban J connectivity index is 2.13. The van der Waals surface area contributed by atoms with Gasteiger partial charge in [0.05, 0.1) is 10.6 Å². The predicted octanol–water partition coefficient (Wildman–Crippen LogP) is 3.45. The Hall–Kier alpha value is -2.86. The van der Waals surface area contributed by atoms with Crippen molar-refractivity contribution in [3.63, 3.8) is 0 Å². The van der Waals surface area contributed by atoms with Crippen LogP contribution in [0, 0.1) is 0 Å². The molecule has 2 amide bonds. The van der Waals surface area contributed by atoms with Gasteiger partial charge in [0.15, 0.2) is 11.5 Å². The number of nitrogens with one attached hydrogen (secondary N) is 1. The van der Waals surface area contributed by atoms with Crippen LogP contribution in [0.3, 0.4) is 0 Å². The summed E-state index contributed by atoms with van der Waals surface area (Å²) in [6, 6.07) is 6.30. The number of amides is 2. The Morgan fingerprint density at radius 3 is 2.53 bits per heavy atom. The molecule has 0 saturated carbocycles. The van der Waals surface area contributed by atoms with Crippen LogP contribution in [0.15, 0.2) is 41.0 Å². The standard InChI is InChI=1S/C19H13BBrClF3N5O2/c1-29(2)18(32)10-6-9(21)7-11(20)15(10)27-17(31)13-8-14(19(23,24)25)28-30(13)16-12(22)4-3-5-26-16/h3-8H,1-2H3,(H,27,31). The summed E-state index contributed by atoms with van der Waals surface area (Å²) >= 11 is 9.28. The molecule has 0 aliphatic rings. The van der Waals surface area contributed by atoms with Gasteiger partial charge in [-0.05, 0) is 18.2 Å². The van der Waals surface area contributed by atoms with Gasteiger partial charge in [-0.25, -0.2) is 9.67 Å². The summed E-state index contributed by atoms with van der Waals surface area (Å²) in [7, 11) is 8.98. The normalized spacial score (nSPS) is 11.3. The molecule has 0 fully saturated rings. The third-order valence-electron chi connectivity index (χ3n) is 4.18. The van der Waals surface area contributed by atoms with E-state index in [1.165, 1.54) is 49.5 Å². The van der Waals surface area contributed by atoms with E-state index in [1.54, 1.807) is 0 Å². The molecule has 7 nitrogen and oxygen atoms in total. The van der Waals surface area contributed by atoms with E-state index in [-0.39, 0.29) is 27.6 Å². The first-order valence-corrected chi connectivity index (χ1v) is 9.97. The number of carbonyl (C=O) groups excluding carboxylic acids is 2. The summed E-state index contributed by atoms with van der Waals surface area (Å²) in [5.74, 6) is -1.66. The second-order valence-corrected chi connectivity index (χ2v) is 8.03. The maximum absolute atomic E-state index is 13.3. The fourth-order valence-corrected chi connectivity index (χ4v) is 3.41. The molecule has 13 heteroatoms. The van der Waals surface area contributed by atoms with Crippen LogP contribution in [0.4, 0.5) is 18.9 Å². The number of alkyl halides is 3. The highest BCUT2D eigenvalue weighted by molar-refractivity contribution is 9.10. The number of anilines is 1. The fraction of sp³-hybridized carbons (Fsp3) is 0.158. The lowest BCUT2D eigenvalue weighted by molar-refractivity contribution is -0.141. The zero-order valence-electron chi connectivity index (χ0n) is 16.5. The van der Waals surface area contributed by atoms with Gasteiger partial charge in [-0.15, -0.1) is 0 Å². The summed E-state index contributed by atoms with van der Waals surface area (Å²) in [6.45, 7) is 0. The molecule has 0 aliphatic heterocycles. The van der Waals surface area contributed by atoms with Crippen LogP contribution >= 0.6 is 27.5 Å². The average molecular weight is 527 g/mol. The molecule has 0 spiro atoms. The minimum atomic E-state index is -4.83. The number of hydrogen-bond donors (Lipinski definition) is 1. The molecular weight excluding hydrogens is 513 g/mol. The van der Waals surface area contributed by atoms with Crippen LogP contribution in [0.2, 0.25) is 5.02 Å². The van der Waals surface area contributed by atoms with E-state index in [4.69, 9.17) is 19.4 Å². The molecule has 0 atom stereocenters. The van der Waals surface area contributed by atoms with Gasteiger partial charge in [-0.3, -0.25) is 9.59 Å². The van der Waals surface area contributed by atoms with E-state index >= 15 is 0 Å². The van der Waals surface area contributed by atoms with Crippen LogP contribution in [0.1, 0.15) is 26.5 Å². The quantitative estimate of drug-likeness (QED) is 0.529. The SMILES string of the molecule is [B]c1cc(Br)cc(C(=O)N(C)C)c1NC(=O)c1cc(C(F)(F)F)nn1-c1ncccc1Cl. The van der Waals surface area contributed by atoms with Crippen LogP contribution < -0.4 is 10.8 Å². The molecule has 1 N–H and O–H groups in total. The molecule has 0 saturated heterocycles. The second kappa shape index (κ2) is 8.95. The van der Waals surface area contributed by atoms with Crippen molar-refractivity contribution >= 4 is 58.3 Å². The van der Waals surface area contributed by atoms with Crippen molar-refractivity contribution in [2.24, 2.45) is 0 Å². The molecule has 2 radical (unpaired) electrons. The zero-order valence-corrected chi connectivity index (χ0v) is 18.9. The number of rotatable bonds is 4. The van der Waals surface area contributed by atoms with Gasteiger partial charge in [0, 0.05) is 36.5 Å². The molecule has 0 aliphatic carbocycles. The molecule has 164 valence electrons. The highest BCUT2D eigenvalue weighted by Crippen LogP contribution is 2.31. The zero-order chi connectivity index (χ0) is 23.8. The van der Waals surface area contributed by atoms with Gasteiger partial charge in [-0.1, -0.05) is 39.1 Å². The molecule has 2 aromatic heterocycles. The van der Waals surface area contributed by atoms with Crippen molar-refractivity contribution < 1.29 is 22.8 Å². The van der Waals surface area contributed by atoms with E-state index < -0.39 is 29.4 Å². The van der Waals surface area contributed by atoms with Crippen LogP contribution in [-0.4, -0.2) is 53.4 Å². The number of nitrogens with zero attached hydrogens (tertiary/aromatic N) is 4. The Morgan fingerprint density at radius 1 is 1.25 bits per heavy atom. The largest absolute Gasteiger partial charge is 0.435 e. The average Bonchev–Trinajstić information content (AvgIpc) is 3.15. The van der Waals surface area contributed by atoms with E-state index in [0.29, 0.717) is 15.2 Å². The third-order valence-corrected chi connectivity index (χ3v) is 4.93. The minimum absolute atomic E-state index is 0.0231. The maximum atomic E-state index is 13.3. The smallest absolute Gasteiger partial charge is 0.345 e. The van der Waals surface area contributed by atoms with Crippen LogP contribution in [-0.2, 0) is 6.18 Å². The fourth-order valence-electron chi connectivity index (χ4n) is 2.73. The van der Waals surface area contributed by atoms with E-state index in [9.17, 15) is 22.8 Å². The molecule has 2 heterocycles. The monoisotopic (exact) mass is 525 g/mol. The third kappa shape index (κ3) is 4.80. The lowest BCUT2D eigenvalue weighted by Gasteiger charge is -2.18. The van der Waals surface area contributed by atoms with E-state index in [0.717, 1.165) is 0 Å². The lowest BCUT2D eigenvalue weighted by Crippen LogP contribution is -2.28. The summed E-state index contributed by atoms with van der Waals surface area (Å²) in [5, 5.41) is 5.87. The lowest BCUT2D eigenvalue weighted by atomic mass is 9.91. The number of hydrogen-bond acceptors (Lipinski definition) is 4. The van der Waals surface area contributed by atoms with Crippen LogP contribution in [0.5, 0.6) is 0 Å². The van der Waals surface area contributed by atoms with Gasteiger partial charge < -0.3 is 10.2 Å². The van der Waals surface area contributed by atoms with Gasteiger partial charge in [-0.2, -0.15) is 18.3 Å². The molecule has 0 bridgehead atoms. The second-order valence-electron chi connectivity index (χ2n) is 6.70. The van der Waals surface area contributed by atoms with Crippen molar-refractivity contribution in [1.29, 1.82) is 0 Å². The van der Waals surface area contributed by atoms with E-state index in [1.807, 2.05) is 0 Å². The first-order valence-electron chi connectivity index (χ1n) is 8.80. The molecule has 0 unspecified atom stereocenters. The number of carbonyl (C=O) groups is 2. The summed E-state index contributed by atoms with van der Waals surface area (Å²) in [6.07, 6.45) is -3.54. The maximum Gasteiger partial charge on any atom is 0.435 e. The van der Waals surface area contributed by atoms with Crippen LogP contribution in [0.25, 0.3) is 5.82 Å². The minimum Gasteiger partial charge on any atom is -0.345 e. The molecule has 3 aromatic rings. The van der Waals surface area contributed by atoms with Crippen molar-refractivity contribution in [2.45, 2.75) is 6.18 Å². The summed E-state index contributed by atoms with van der Waals surface area (Å²) < 4.78 is 41.1. The van der Waals surface area contributed by atoms with Gasteiger partial charge in [0.1, 0.15) is 13.5 Å². The topological polar surface area (TPSA) is 80.1 Å². The Labute approximate surface area is 195 Å². The van der Waals surface area contributed by atoms with Gasteiger partial charge >= 0.3 is 6.18 Å². The first kappa shape index (κ1) is 23.8. The first-order chi connectivity index (χ1) is 14.9. The van der Waals surface area contributed by atoms with Crippen molar-refractivity contribution in [1.82, 2.24) is 19.7 Å². The number of halogens is 5. The number of pyridine rings is 1. The predicted molar refractivity (Wildman–Crippen MR) is 117 cm³/mol. The van der Waals surface area contributed by atoms with Crippen molar-refractivity contribution in [3.05, 3.63) is 63.0 Å². The number of aromatic nitrogens is 3. The highest BCUT2D eigenvalue weighted by Gasteiger charge is 2.36. The molecule has 3 rings (SSSR count). The van der Waals surface area contributed by atoms with Crippen molar-refractivity contribution in [2.75, 3.05) is 19.4 Å². The van der Waals surface area contributed by atoms with Crippen molar-refractivity contribution in [3.8, 4) is 5.82 Å². The molecular formula is C19H13BBrClF3N5O2. The summed E-state index contributed by atoms with van der Waals surface area (Å²) in [5.41, 5.74) is -1.84. The van der Waals surface area contributed by atoms with E-state index in [2.05, 4.69) is 31.3 Å². The molecule has 32 heavy (non-hydrogen) atoms. The van der Waals surface area contributed by atoms with Gasteiger partial charge in [0.25, 0.3) is 11.8 Å².